The third-order valence-electron chi connectivity index (χ3n) is 5.03. The molecule has 2 aliphatic heterocycles. The van der Waals surface area contributed by atoms with Crippen molar-refractivity contribution in [1.82, 2.24) is 10.2 Å². The van der Waals surface area contributed by atoms with Gasteiger partial charge in [-0.2, -0.15) is 0 Å². The normalized spacial score (nSPS) is 21.0. The van der Waals surface area contributed by atoms with Gasteiger partial charge in [0.05, 0.1) is 21.7 Å². The van der Waals surface area contributed by atoms with E-state index < -0.39 is 11.7 Å². The Hall–Kier alpha value is -1.72. The molecule has 1 aromatic rings. The molecule has 2 amide bonds. The molecule has 1 aromatic carbocycles. The summed E-state index contributed by atoms with van der Waals surface area (Å²) in [5.41, 5.74) is 1.26. The molecule has 0 aromatic heterocycles. The minimum Gasteiger partial charge on any atom is -0.503 e. The smallest absolute Gasteiger partial charge is 0.289 e. The van der Waals surface area contributed by atoms with E-state index in [1.807, 2.05) is 19.1 Å². The summed E-state index contributed by atoms with van der Waals surface area (Å²) in [7, 11) is 0. The van der Waals surface area contributed by atoms with Crippen LogP contribution < -0.4 is 5.32 Å². The van der Waals surface area contributed by atoms with E-state index in [0.29, 0.717) is 23.0 Å². The minimum absolute atomic E-state index is 0.106. The Balaban J connectivity index is 1.60. The number of hydrogen-bond donors (Lipinski definition) is 2. The van der Waals surface area contributed by atoms with Crippen molar-refractivity contribution in [2.75, 3.05) is 6.54 Å². The van der Waals surface area contributed by atoms with Gasteiger partial charge in [-0.15, -0.1) is 0 Å². The molecule has 1 saturated heterocycles. The lowest BCUT2D eigenvalue weighted by Gasteiger charge is -2.30. The number of aryl methyl sites for hydroxylation is 1. The highest BCUT2D eigenvalue weighted by Crippen LogP contribution is 2.32. The fraction of sp³-hybridized carbons (Fsp3) is 0.474. The largest absolute Gasteiger partial charge is 0.503 e. The van der Waals surface area contributed by atoms with Crippen LogP contribution in [0.2, 0.25) is 10.0 Å². The first-order chi connectivity index (χ1) is 12.4. The first kappa shape index (κ1) is 19.1. The standard InChI is InChI=1S/C19H22Cl2N2O3/c1-11(5-6-12-7-8-13(20)14(21)10-12)22-18(25)16-15-4-2-3-9-23(15)19(26)17(16)24/h7-8,10-11,15,24H,2-6,9H2,1H3,(H,22,25). The van der Waals surface area contributed by atoms with Crippen molar-refractivity contribution < 1.29 is 14.7 Å². The van der Waals surface area contributed by atoms with Crippen LogP contribution in [0.25, 0.3) is 0 Å². The number of carbonyl (C=O) groups excluding carboxylic acids is 2. The zero-order valence-electron chi connectivity index (χ0n) is 14.6. The van der Waals surface area contributed by atoms with Crippen LogP contribution in [0.1, 0.15) is 38.2 Å². The van der Waals surface area contributed by atoms with Crippen molar-refractivity contribution in [2.24, 2.45) is 0 Å². The minimum atomic E-state index is -0.427. The summed E-state index contributed by atoms with van der Waals surface area (Å²) in [6.45, 7) is 2.50. The van der Waals surface area contributed by atoms with Gasteiger partial charge in [0, 0.05) is 12.6 Å². The predicted octanol–water partition coefficient (Wildman–Crippen LogP) is 3.64. The summed E-state index contributed by atoms with van der Waals surface area (Å²) in [5.74, 6) is -1.18. The van der Waals surface area contributed by atoms with Crippen molar-refractivity contribution >= 4 is 35.0 Å². The lowest BCUT2D eigenvalue weighted by atomic mass is 9.97. The molecule has 0 radical (unpaired) electrons. The second-order valence-electron chi connectivity index (χ2n) is 6.93. The number of aliphatic hydroxyl groups excluding tert-OH is 1. The van der Waals surface area contributed by atoms with Crippen LogP contribution in [0.3, 0.4) is 0 Å². The number of benzene rings is 1. The summed E-state index contributed by atoms with van der Waals surface area (Å²) in [6.07, 6.45) is 4.02. The van der Waals surface area contributed by atoms with E-state index in [4.69, 9.17) is 23.2 Å². The Labute approximate surface area is 163 Å². The second kappa shape index (κ2) is 7.89. The Morgan fingerprint density at radius 1 is 1.35 bits per heavy atom. The van der Waals surface area contributed by atoms with Crippen molar-refractivity contribution in [3.05, 3.63) is 45.1 Å². The first-order valence-corrected chi connectivity index (χ1v) is 9.63. The van der Waals surface area contributed by atoms with Crippen LogP contribution in [0.4, 0.5) is 0 Å². The zero-order valence-corrected chi connectivity index (χ0v) is 16.1. The maximum atomic E-state index is 12.6. The maximum absolute atomic E-state index is 12.6. The van der Waals surface area contributed by atoms with Gasteiger partial charge in [0.15, 0.2) is 5.76 Å². The summed E-state index contributed by atoms with van der Waals surface area (Å²) in [6, 6.07) is 5.09. The molecule has 2 N–H and O–H groups in total. The number of halogens is 2. The topological polar surface area (TPSA) is 69.6 Å². The zero-order chi connectivity index (χ0) is 18.8. The number of nitrogens with zero attached hydrogens (tertiary/aromatic N) is 1. The molecule has 140 valence electrons. The molecule has 0 saturated carbocycles. The maximum Gasteiger partial charge on any atom is 0.289 e. The predicted molar refractivity (Wildman–Crippen MR) is 101 cm³/mol. The molecule has 5 nitrogen and oxygen atoms in total. The molecular weight excluding hydrogens is 375 g/mol. The van der Waals surface area contributed by atoms with E-state index in [-0.39, 0.29) is 23.6 Å². The van der Waals surface area contributed by atoms with E-state index in [2.05, 4.69) is 5.32 Å². The van der Waals surface area contributed by atoms with E-state index in [1.54, 1.807) is 11.0 Å². The highest BCUT2D eigenvalue weighted by Gasteiger charge is 2.43. The molecule has 0 bridgehead atoms. The van der Waals surface area contributed by atoms with Gasteiger partial charge in [0.2, 0.25) is 0 Å². The monoisotopic (exact) mass is 396 g/mol. The molecule has 3 rings (SSSR count). The fourth-order valence-electron chi connectivity index (χ4n) is 3.59. The van der Waals surface area contributed by atoms with Gasteiger partial charge in [0.25, 0.3) is 11.8 Å². The molecular formula is C19H22Cl2N2O3. The van der Waals surface area contributed by atoms with Crippen molar-refractivity contribution in [3.63, 3.8) is 0 Å². The number of nitrogens with one attached hydrogen (secondary N) is 1. The number of hydrogen-bond acceptors (Lipinski definition) is 3. The highest BCUT2D eigenvalue weighted by molar-refractivity contribution is 6.42. The summed E-state index contributed by atoms with van der Waals surface area (Å²) in [5, 5.41) is 14.1. The third-order valence-corrected chi connectivity index (χ3v) is 5.77. The average Bonchev–Trinajstić information content (AvgIpc) is 2.87. The van der Waals surface area contributed by atoms with Crippen LogP contribution >= 0.6 is 23.2 Å². The second-order valence-corrected chi connectivity index (χ2v) is 7.75. The van der Waals surface area contributed by atoms with Gasteiger partial charge in [-0.25, -0.2) is 0 Å². The number of rotatable bonds is 5. The number of carbonyl (C=O) groups is 2. The number of amides is 2. The van der Waals surface area contributed by atoms with Gasteiger partial charge < -0.3 is 15.3 Å². The van der Waals surface area contributed by atoms with E-state index in [0.717, 1.165) is 31.2 Å². The molecule has 0 aliphatic carbocycles. The highest BCUT2D eigenvalue weighted by atomic mass is 35.5. The molecule has 2 atom stereocenters. The van der Waals surface area contributed by atoms with E-state index in [9.17, 15) is 14.7 Å². The third kappa shape index (κ3) is 3.84. The molecule has 2 aliphatic rings. The van der Waals surface area contributed by atoms with Gasteiger partial charge >= 0.3 is 0 Å². The Morgan fingerprint density at radius 2 is 2.12 bits per heavy atom. The van der Waals surface area contributed by atoms with Crippen LogP contribution in [0, 0.1) is 0 Å². The summed E-state index contributed by atoms with van der Waals surface area (Å²) in [4.78, 5) is 26.4. The lowest BCUT2D eigenvalue weighted by molar-refractivity contribution is -0.130. The molecule has 2 heterocycles. The van der Waals surface area contributed by atoms with Gasteiger partial charge in [-0.1, -0.05) is 29.3 Å². The van der Waals surface area contributed by atoms with E-state index in [1.165, 1.54) is 0 Å². The van der Waals surface area contributed by atoms with Crippen molar-refractivity contribution in [2.45, 2.75) is 51.1 Å². The molecule has 1 fully saturated rings. The Morgan fingerprint density at radius 3 is 2.85 bits per heavy atom. The van der Waals surface area contributed by atoms with Gasteiger partial charge in [0.1, 0.15) is 0 Å². The van der Waals surface area contributed by atoms with E-state index >= 15 is 0 Å². The molecule has 26 heavy (non-hydrogen) atoms. The Bertz CT molecular complexity index is 763. The van der Waals surface area contributed by atoms with Crippen LogP contribution in [-0.2, 0) is 16.0 Å². The number of piperidine rings is 1. The Kier molecular flexibility index (Phi) is 5.78. The number of aliphatic hydroxyl groups is 1. The quantitative estimate of drug-likeness (QED) is 0.797. The summed E-state index contributed by atoms with van der Waals surface area (Å²) >= 11 is 11.9. The molecule has 2 unspecified atom stereocenters. The van der Waals surface area contributed by atoms with Crippen molar-refractivity contribution in [3.8, 4) is 0 Å². The van der Waals surface area contributed by atoms with Gasteiger partial charge in [-0.05, 0) is 56.7 Å². The first-order valence-electron chi connectivity index (χ1n) is 8.87. The molecule has 0 spiro atoms. The number of fused-ring (bicyclic) bond motifs is 1. The molecule has 7 heteroatoms. The van der Waals surface area contributed by atoms with Gasteiger partial charge in [-0.3, -0.25) is 9.59 Å². The van der Waals surface area contributed by atoms with Crippen molar-refractivity contribution in [1.29, 1.82) is 0 Å². The lowest BCUT2D eigenvalue weighted by Crippen LogP contribution is -2.43. The average molecular weight is 397 g/mol. The summed E-state index contributed by atoms with van der Waals surface area (Å²) < 4.78 is 0. The fourth-order valence-corrected chi connectivity index (χ4v) is 3.92. The van der Waals surface area contributed by atoms with Crippen LogP contribution in [-0.4, -0.2) is 40.4 Å². The SMILES string of the molecule is CC(CCc1ccc(Cl)c(Cl)c1)NC(=O)C1=C(O)C(=O)N2CCCCC12. The van der Waals surface area contributed by atoms with Crippen LogP contribution in [0.15, 0.2) is 29.5 Å². The van der Waals surface area contributed by atoms with Crippen LogP contribution in [0.5, 0.6) is 0 Å².